The number of carbonyl (C=O) groups is 1. The van der Waals surface area contributed by atoms with Gasteiger partial charge in [-0.25, -0.2) is 0 Å². The molecule has 0 radical (unpaired) electrons. The van der Waals surface area contributed by atoms with Crippen LogP contribution >= 0.6 is 0 Å². The maximum Gasteiger partial charge on any atom is 0.185 e. The fraction of sp³-hybridized carbons (Fsp3) is 0.172. The van der Waals surface area contributed by atoms with E-state index in [1.165, 1.54) is 26.4 Å². The Morgan fingerprint density at radius 2 is 1.31 bits per heavy atom. The van der Waals surface area contributed by atoms with Gasteiger partial charge in [0, 0.05) is 11.1 Å². The van der Waals surface area contributed by atoms with Gasteiger partial charge < -0.3 is 19.7 Å². The van der Waals surface area contributed by atoms with E-state index < -0.39 is 5.41 Å². The number of allylic oxidation sites excluding steroid dienone is 2. The van der Waals surface area contributed by atoms with Crippen molar-refractivity contribution in [2.45, 2.75) is 18.3 Å². The number of nitrogens with zero attached hydrogens (tertiary/aromatic N) is 1. The normalized spacial score (nSPS) is 20.0. The predicted molar refractivity (Wildman–Crippen MR) is 133 cm³/mol. The van der Waals surface area contributed by atoms with Crippen molar-refractivity contribution < 1.29 is 24.5 Å². The molecule has 0 aliphatic heterocycles. The maximum atomic E-state index is 13.6. The van der Waals surface area contributed by atoms with E-state index >= 15 is 0 Å². The average Bonchev–Trinajstić information content (AvgIpc) is 2.87. The lowest BCUT2D eigenvalue weighted by Gasteiger charge is -2.33. The molecule has 1 saturated carbocycles. The number of carbonyl (C=O) groups excluding carboxylic acids is 1. The van der Waals surface area contributed by atoms with Crippen molar-refractivity contribution in [1.29, 1.82) is 5.26 Å². The van der Waals surface area contributed by atoms with Gasteiger partial charge in [0.2, 0.25) is 0 Å². The van der Waals surface area contributed by atoms with E-state index in [9.17, 15) is 20.3 Å². The highest BCUT2D eigenvalue weighted by Crippen LogP contribution is 2.44. The molecule has 1 fully saturated rings. The van der Waals surface area contributed by atoms with Crippen molar-refractivity contribution >= 4 is 17.9 Å². The monoisotopic (exact) mass is 467 g/mol. The van der Waals surface area contributed by atoms with Gasteiger partial charge in [-0.05, 0) is 65.9 Å². The first kappa shape index (κ1) is 23.7. The second-order valence-electron chi connectivity index (χ2n) is 8.44. The fourth-order valence-corrected chi connectivity index (χ4v) is 4.41. The van der Waals surface area contributed by atoms with Gasteiger partial charge in [0.05, 0.1) is 25.7 Å². The van der Waals surface area contributed by atoms with Crippen molar-refractivity contribution in [3.63, 3.8) is 0 Å². The minimum absolute atomic E-state index is 0.0378. The van der Waals surface area contributed by atoms with E-state index in [2.05, 4.69) is 6.07 Å². The zero-order valence-corrected chi connectivity index (χ0v) is 19.5. The Labute approximate surface area is 204 Å². The highest BCUT2D eigenvalue weighted by atomic mass is 16.5. The fourth-order valence-electron chi connectivity index (χ4n) is 4.41. The number of phenolic OH excluding ortho intramolecular Hbond substituents is 2. The summed E-state index contributed by atoms with van der Waals surface area (Å²) in [6.07, 6.45) is 3.86. The Morgan fingerprint density at radius 3 is 1.71 bits per heavy atom. The Hall–Kier alpha value is -4.50. The van der Waals surface area contributed by atoms with Gasteiger partial charge in [0.1, 0.15) is 0 Å². The average molecular weight is 468 g/mol. The van der Waals surface area contributed by atoms with Crippen LogP contribution in [0.4, 0.5) is 0 Å². The molecular weight excluding hydrogens is 442 g/mol. The highest BCUT2D eigenvalue weighted by Gasteiger charge is 2.41. The van der Waals surface area contributed by atoms with E-state index in [1.54, 1.807) is 36.4 Å². The molecule has 6 heteroatoms. The quantitative estimate of drug-likeness (QED) is 0.487. The molecule has 4 rings (SSSR count). The lowest BCUT2D eigenvalue weighted by atomic mass is 9.66. The van der Waals surface area contributed by atoms with Crippen LogP contribution in [0.3, 0.4) is 0 Å². The largest absolute Gasteiger partial charge is 0.504 e. The third-order valence-electron chi connectivity index (χ3n) is 6.20. The van der Waals surface area contributed by atoms with E-state index in [0.29, 0.717) is 33.8 Å². The van der Waals surface area contributed by atoms with Gasteiger partial charge in [-0.1, -0.05) is 42.5 Å². The van der Waals surface area contributed by atoms with Crippen LogP contribution in [0, 0.1) is 11.3 Å². The summed E-state index contributed by atoms with van der Waals surface area (Å²) in [5.41, 5.74) is 2.02. The molecule has 176 valence electrons. The van der Waals surface area contributed by atoms with Crippen LogP contribution in [0.25, 0.3) is 12.2 Å². The van der Waals surface area contributed by atoms with E-state index in [-0.39, 0.29) is 30.1 Å². The van der Waals surface area contributed by atoms with Crippen molar-refractivity contribution in [2.24, 2.45) is 0 Å². The third-order valence-corrected chi connectivity index (χ3v) is 6.20. The van der Waals surface area contributed by atoms with E-state index in [0.717, 1.165) is 5.56 Å². The third kappa shape index (κ3) is 4.75. The molecule has 0 saturated heterocycles. The van der Waals surface area contributed by atoms with Crippen LogP contribution in [0.2, 0.25) is 0 Å². The molecule has 0 atom stereocenters. The molecule has 0 spiro atoms. The zero-order chi connectivity index (χ0) is 25.0. The molecule has 1 aliphatic carbocycles. The Bertz CT molecular complexity index is 1290. The Balaban J connectivity index is 1.84. The van der Waals surface area contributed by atoms with Crippen LogP contribution in [0.5, 0.6) is 23.0 Å². The SMILES string of the molecule is COc1ccc(/C=C2\CC(C#N)(c3ccccc3)C/C(=C\c3ccc(OC)c(O)c3)C2=O)cc1O. The number of nitriles is 1. The lowest BCUT2D eigenvalue weighted by molar-refractivity contribution is -0.113. The number of rotatable bonds is 5. The number of phenols is 2. The van der Waals surface area contributed by atoms with Crippen LogP contribution in [0.1, 0.15) is 29.5 Å². The summed E-state index contributed by atoms with van der Waals surface area (Å²) in [4.78, 5) is 13.6. The number of ether oxygens (including phenoxy) is 2. The Kier molecular flexibility index (Phi) is 6.61. The molecule has 3 aromatic carbocycles. The molecule has 2 N–H and O–H groups in total. The summed E-state index contributed by atoms with van der Waals surface area (Å²) < 4.78 is 10.2. The van der Waals surface area contributed by atoms with Crippen molar-refractivity contribution in [3.05, 3.63) is 94.6 Å². The minimum atomic E-state index is -0.949. The van der Waals surface area contributed by atoms with Crippen LogP contribution in [-0.2, 0) is 10.2 Å². The first-order valence-electron chi connectivity index (χ1n) is 11.1. The summed E-state index contributed by atoms with van der Waals surface area (Å²) in [7, 11) is 2.93. The highest BCUT2D eigenvalue weighted by molar-refractivity contribution is 6.14. The summed E-state index contributed by atoms with van der Waals surface area (Å²) in [5, 5.41) is 30.7. The van der Waals surface area contributed by atoms with Crippen molar-refractivity contribution in [1.82, 2.24) is 0 Å². The zero-order valence-electron chi connectivity index (χ0n) is 19.5. The van der Waals surface area contributed by atoms with Gasteiger partial charge in [-0.2, -0.15) is 5.26 Å². The van der Waals surface area contributed by atoms with Gasteiger partial charge in [-0.15, -0.1) is 0 Å². The number of Topliss-reactive ketones (excluding diaryl/α,β-unsaturated/α-hetero) is 1. The number of hydrogen-bond acceptors (Lipinski definition) is 6. The molecule has 3 aromatic rings. The number of aromatic hydroxyl groups is 2. The summed E-state index contributed by atoms with van der Waals surface area (Å²) in [6.45, 7) is 0. The molecule has 1 aliphatic rings. The molecule has 0 aromatic heterocycles. The van der Waals surface area contributed by atoms with Crippen LogP contribution < -0.4 is 9.47 Å². The molecular formula is C29H25NO5. The summed E-state index contributed by atoms with van der Waals surface area (Å²) in [6, 6.07) is 21.7. The predicted octanol–water partition coefficient (Wildman–Crippen LogP) is 5.41. The first-order chi connectivity index (χ1) is 16.9. The number of ketones is 1. The van der Waals surface area contributed by atoms with Gasteiger partial charge in [0.25, 0.3) is 0 Å². The molecule has 0 amide bonds. The standard InChI is InChI=1S/C29H25NO5/c1-34-26-10-8-19(14-24(26)31)12-21-16-29(18-30,23-6-4-3-5-7-23)17-22(28(21)33)13-20-9-11-27(35-2)25(32)15-20/h3-15,31-32H,16-17H2,1-2H3/b21-12+,22-13+. The van der Waals surface area contributed by atoms with Gasteiger partial charge in [0.15, 0.2) is 28.8 Å². The molecule has 6 nitrogen and oxygen atoms in total. The Morgan fingerprint density at radius 1 is 0.829 bits per heavy atom. The molecule has 0 heterocycles. The second-order valence-corrected chi connectivity index (χ2v) is 8.44. The molecule has 35 heavy (non-hydrogen) atoms. The number of hydrogen-bond donors (Lipinski definition) is 2. The van der Waals surface area contributed by atoms with Crippen LogP contribution in [0.15, 0.2) is 77.9 Å². The minimum Gasteiger partial charge on any atom is -0.504 e. The van der Waals surface area contributed by atoms with Crippen molar-refractivity contribution in [2.75, 3.05) is 14.2 Å². The van der Waals surface area contributed by atoms with E-state index in [4.69, 9.17) is 9.47 Å². The van der Waals surface area contributed by atoms with Gasteiger partial charge >= 0.3 is 0 Å². The number of benzene rings is 3. The summed E-state index contributed by atoms with van der Waals surface area (Å²) >= 11 is 0. The van der Waals surface area contributed by atoms with Crippen molar-refractivity contribution in [3.8, 4) is 29.1 Å². The second kappa shape index (κ2) is 9.78. The van der Waals surface area contributed by atoms with E-state index in [1.807, 2.05) is 30.3 Å². The summed E-state index contributed by atoms with van der Waals surface area (Å²) in [5.74, 6) is 0.404. The first-order valence-corrected chi connectivity index (χ1v) is 11.1. The van der Waals surface area contributed by atoms with Crippen LogP contribution in [-0.4, -0.2) is 30.2 Å². The smallest absolute Gasteiger partial charge is 0.185 e. The maximum absolute atomic E-state index is 13.6. The molecule has 0 bridgehead atoms. The number of methoxy groups -OCH3 is 2. The van der Waals surface area contributed by atoms with Gasteiger partial charge in [-0.3, -0.25) is 4.79 Å². The lowest BCUT2D eigenvalue weighted by Crippen LogP contribution is -2.33. The molecule has 0 unspecified atom stereocenters. The topological polar surface area (TPSA) is 99.8 Å².